The van der Waals surface area contributed by atoms with Gasteiger partial charge >= 0.3 is 0 Å². The number of nitrogens with zero attached hydrogens (tertiary/aromatic N) is 4. The van der Waals surface area contributed by atoms with Crippen LogP contribution in [0.2, 0.25) is 0 Å². The summed E-state index contributed by atoms with van der Waals surface area (Å²) >= 11 is 0. The van der Waals surface area contributed by atoms with Crippen molar-refractivity contribution in [3.63, 3.8) is 0 Å². The molecule has 0 aromatic carbocycles. The fourth-order valence-electron chi connectivity index (χ4n) is 3.16. The normalized spacial score (nSPS) is 27.9. The summed E-state index contributed by atoms with van der Waals surface area (Å²) in [5, 5.41) is 10.6. The van der Waals surface area contributed by atoms with Crippen molar-refractivity contribution in [1.82, 2.24) is 19.5 Å². The summed E-state index contributed by atoms with van der Waals surface area (Å²) in [5.41, 5.74) is 7.15. The van der Waals surface area contributed by atoms with Crippen LogP contribution in [-0.2, 0) is 4.74 Å². The molecule has 8 heteroatoms. The van der Waals surface area contributed by atoms with Gasteiger partial charge in [-0.3, -0.25) is 4.57 Å². The van der Waals surface area contributed by atoms with Crippen LogP contribution in [-0.4, -0.2) is 62.6 Å². The van der Waals surface area contributed by atoms with Crippen LogP contribution in [0.1, 0.15) is 25.4 Å². The third kappa shape index (κ3) is 3.21. The molecular weight excluding hydrogens is 325 g/mol. The lowest BCUT2D eigenvalue weighted by Crippen LogP contribution is -2.26. The zero-order valence-electron chi connectivity index (χ0n) is 14.7. The molecule has 132 valence electrons. The molecule has 0 aliphatic carbocycles. The van der Waals surface area contributed by atoms with Crippen LogP contribution >= 0.6 is 6.89 Å². The number of hydrogen-bond donors (Lipinski definition) is 2. The molecule has 3 heterocycles. The van der Waals surface area contributed by atoms with E-state index in [1.54, 1.807) is 13.3 Å². The summed E-state index contributed by atoms with van der Waals surface area (Å²) in [6.07, 6.45) is 6.69. The van der Waals surface area contributed by atoms with Crippen molar-refractivity contribution in [2.24, 2.45) is 5.92 Å². The van der Waals surface area contributed by atoms with Crippen molar-refractivity contribution in [2.75, 3.05) is 25.2 Å². The summed E-state index contributed by atoms with van der Waals surface area (Å²) in [6, 6.07) is 0. The first-order valence-corrected chi connectivity index (χ1v) is 11.2. The molecule has 24 heavy (non-hydrogen) atoms. The lowest BCUT2D eigenvalue weighted by atomic mass is 10.0. The quantitative estimate of drug-likeness (QED) is 0.814. The maximum atomic E-state index is 10.6. The number of aliphatic hydroxyl groups is 1. The van der Waals surface area contributed by atoms with Gasteiger partial charge in [0.15, 0.2) is 11.5 Å². The first-order valence-electron chi connectivity index (χ1n) is 8.15. The van der Waals surface area contributed by atoms with Crippen LogP contribution in [0, 0.1) is 12.8 Å². The molecule has 1 aliphatic rings. The molecule has 1 saturated heterocycles. The Kier molecular flexibility index (Phi) is 4.45. The van der Waals surface area contributed by atoms with E-state index in [9.17, 15) is 5.11 Å². The zero-order valence-corrected chi connectivity index (χ0v) is 15.6. The second-order valence-corrected chi connectivity index (χ2v) is 11.7. The molecule has 2 aromatic heterocycles. The van der Waals surface area contributed by atoms with E-state index < -0.39 is 13.0 Å². The van der Waals surface area contributed by atoms with Gasteiger partial charge in [-0.2, -0.15) is 0 Å². The van der Waals surface area contributed by atoms with Gasteiger partial charge < -0.3 is 15.6 Å². The number of aromatic nitrogens is 4. The van der Waals surface area contributed by atoms with Gasteiger partial charge in [0.05, 0.1) is 18.5 Å². The number of fused-ring (bicyclic) bond motifs is 1. The van der Waals surface area contributed by atoms with Crippen molar-refractivity contribution in [3.05, 3.63) is 12.2 Å². The highest BCUT2D eigenvalue weighted by molar-refractivity contribution is 7.72. The molecule has 0 unspecified atom stereocenters. The van der Waals surface area contributed by atoms with Crippen LogP contribution < -0.4 is 5.73 Å². The maximum absolute atomic E-state index is 10.6. The van der Waals surface area contributed by atoms with Crippen molar-refractivity contribution >= 4 is 30.2 Å². The lowest BCUT2D eigenvalue weighted by molar-refractivity contribution is -0.0206. The Morgan fingerprint density at radius 1 is 1.42 bits per heavy atom. The number of rotatable bonds is 4. The smallest absolute Gasteiger partial charge is 0.167 e. The second-order valence-electron chi connectivity index (χ2n) is 7.34. The Balaban J connectivity index is 1.89. The van der Waals surface area contributed by atoms with Gasteiger partial charge in [0.1, 0.15) is 17.6 Å². The number of hydrogen-bond acceptors (Lipinski definition) is 6. The number of aliphatic hydroxyl groups excluding tert-OH is 1. The van der Waals surface area contributed by atoms with Crippen LogP contribution in [0.15, 0.2) is 6.33 Å². The van der Waals surface area contributed by atoms with Gasteiger partial charge in [0, 0.05) is 5.92 Å². The largest absolute Gasteiger partial charge is 0.390 e. The topological polar surface area (TPSA) is 99.1 Å². The molecule has 0 saturated carbocycles. The van der Waals surface area contributed by atoms with Gasteiger partial charge in [-0.25, -0.2) is 15.0 Å². The Hall–Kier alpha value is -1.43. The molecule has 3 N–H and O–H groups in total. The Morgan fingerprint density at radius 2 is 2.12 bits per heavy atom. The molecule has 7 nitrogen and oxygen atoms in total. The predicted molar refractivity (Wildman–Crippen MR) is 98.9 cm³/mol. The van der Waals surface area contributed by atoms with E-state index in [0.29, 0.717) is 22.8 Å². The third-order valence-electron chi connectivity index (χ3n) is 4.54. The average Bonchev–Trinajstić information content (AvgIpc) is 3.00. The van der Waals surface area contributed by atoms with E-state index in [1.807, 2.05) is 11.5 Å². The minimum atomic E-state index is -1.14. The number of aryl methyl sites for hydroxylation is 1. The maximum Gasteiger partial charge on any atom is 0.167 e. The molecule has 0 spiro atoms. The summed E-state index contributed by atoms with van der Waals surface area (Å²) < 4.78 is 8.04. The minimum Gasteiger partial charge on any atom is -0.390 e. The van der Waals surface area contributed by atoms with Gasteiger partial charge in [-0.05, 0) is 32.8 Å². The van der Waals surface area contributed by atoms with E-state index in [2.05, 4.69) is 34.6 Å². The molecule has 1 fully saturated rings. The van der Waals surface area contributed by atoms with Crippen LogP contribution in [0.4, 0.5) is 5.82 Å². The first-order chi connectivity index (χ1) is 11.2. The van der Waals surface area contributed by atoms with Gasteiger partial charge in [-0.15, -0.1) is 13.2 Å². The number of ether oxygens (including phenoxy) is 1. The fraction of sp³-hybridized carbons (Fsp3) is 0.625. The molecule has 0 amide bonds. The van der Waals surface area contributed by atoms with Gasteiger partial charge in [-0.1, -0.05) is 6.92 Å². The van der Waals surface area contributed by atoms with E-state index in [-0.39, 0.29) is 18.2 Å². The fourth-order valence-corrected chi connectivity index (χ4v) is 4.12. The Labute approximate surface area is 142 Å². The summed E-state index contributed by atoms with van der Waals surface area (Å²) in [7, 11) is 0. The van der Waals surface area contributed by atoms with E-state index >= 15 is 0 Å². The van der Waals surface area contributed by atoms with E-state index in [4.69, 9.17) is 10.5 Å². The lowest BCUT2D eigenvalue weighted by Gasteiger charge is -2.19. The monoisotopic (exact) mass is 351 g/mol. The summed E-state index contributed by atoms with van der Waals surface area (Å²) in [4.78, 5) is 12.9. The molecule has 1 aliphatic heterocycles. The molecule has 2 aromatic rings. The Morgan fingerprint density at radius 3 is 2.79 bits per heavy atom. The van der Waals surface area contributed by atoms with Crippen molar-refractivity contribution in [1.29, 1.82) is 0 Å². The molecule has 4 atom stereocenters. The molecule has 3 rings (SSSR count). The summed E-state index contributed by atoms with van der Waals surface area (Å²) in [5.74, 6) is 0.894. The molecular formula is C16H26N5O2P. The van der Waals surface area contributed by atoms with E-state index in [0.717, 1.165) is 12.6 Å². The minimum absolute atomic E-state index is 0.0600. The van der Waals surface area contributed by atoms with Crippen LogP contribution in [0.5, 0.6) is 0 Å². The number of imidazole rings is 1. The van der Waals surface area contributed by atoms with Crippen molar-refractivity contribution in [2.45, 2.75) is 38.7 Å². The standard InChI is InChI=1S/C16H26N5O2P/c1-9-13(22)11(6-7-24(3,4)5)23-16(9)21-8-18-12-14(17)19-10(2)20-15(12)21/h8-9,11,13,16,22H,3,6-7H2,1-2,4-5H3,(H2,17,19,20)/t9-,11-,13+,16-/m1/s1. The number of anilines is 1. The van der Waals surface area contributed by atoms with Crippen LogP contribution in [0.25, 0.3) is 11.2 Å². The third-order valence-corrected chi connectivity index (χ3v) is 6.01. The predicted octanol–water partition coefficient (Wildman–Crippen LogP) is 1.71. The average molecular weight is 351 g/mol. The molecule has 0 radical (unpaired) electrons. The number of nitrogen functional groups attached to an aromatic ring is 1. The second kappa shape index (κ2) is 6.14. The highest BCUT2D eigenvalue weighted by Crippen LogP contribution is 2.41. The Bertz CT molecular complexity index is 799. The summed E-state index contributed by atoms with van der Waals surface area (Å²) in [6.45, 7) is 7.03. The highest BCUT2D eigenvalue weighted by Gasteiger charge is 2.42. The zero-order chi connectivity index (χ0) is 17.6. The van der Waals surface area contributed by atoms with Gasteiger partial charge in [0.2, 0.25) is 0 Å². The first kappa shape index (κ1) is 17.4. The van der Waals surface area contributed by atoms with Crippen molar-refractivity contribution < 1.29 is 9.84 Å². The SMILES string of the molecule is C=P(C)(C)CC[C@H]1O[C@@H](n2cnc3c(N)nc(C)nc32)[C@H](C)[C@@H]1O. The van der Waals surface area contributed by atoms with Crippen molar-refractivity contribution in [3.8, 4) is 0 Å². The van der Waals surface area contributed by atoms with Crippen LogP contribution in [0.3, 0.4) is 0 Å². The number of nitrogens with two attached hydrogens (primary N) is 1. The van der Waals surface area contributed by atoms with E-state index in [1.165, 1.54) is 0 Å². The van der Waals surface area contributed by atoms with Gasteiger partial charge in [0.25, 0.3) is 0 Å². The highest BCUT2D eigenvalue weighted by atomic mass is 31.2. The molecule has 0 bridgehead atoms.